The maximum absolute atomic E-state index is 5.34. The highest BCUT2D eigenvalue weighted by molar-refractivity contribution is 5.05. The lowest BCUT2D eigenvalue weighted by Gasteiger charge is -2.18. The minimum Gasteiger partial charge on any atom is -0.360 e. The Morgan fingerprint density at radius 1 is 1.56 bits per heavy atom. The lowest BCUT2D eigenvalue weighted by molar-refractivity contribution is 0.222. The average Bonchev–Trinajstić information content (AvgIpc) is 3.02. The molecule has 1 aromatic rings. The molecule has 0 spiro atoms. The Morgan fingerprint density at radius 3 is 3.00 bits per heavy atom. The van der Waals surface area contributed by atoms with Gasteiger partial charge in [-0.2, -0.15) is 0 Å². The molecule has 1 N–H and O–H groups in total. The highest BCUT2D eigenvalue weighted by Crippen LogP contribution is 2.28. The minimum atomic E-state index is 0.778. The normalized spacial score (nSPS) is 15.9. The van der Waals surface area contributed by atoms with Gasteiger partial charge in [-0.3, -0.25) is 4.90 Å². The van der Waals surface area contributed by atoms with E-state index in [9.17, 15) is 0 Å². The van der Waals surface area contributed by atoms with Gasteiger partial charge in [-0.25, -0.2) is 0 Å². The van der Waals surface area contributed by atoms with E-state index in [0.29, 0.717) is 0 Å². The SMILES string of the molecule is CCCN(Cc1cc(CNC)no1)C1CC1. The van der Waals surface area contributed by atoms with Gasteiger partial charge in [0.05, 0.1) is 12.2 Å². The summed E-state index contributed by atoms with van der Waals surface area (Å²) in [6, 6.07) is 2.85. The van der Waals surface area contributed by atoms with Crippen LogP contribution in [0.5, 0.6) is 0 Å². The molecule has 0 bridgehead atoms. The summed E-state index contributed by atoms with van der Waals surface area (Å²) < 4.78 is 5.34. The van der Waals surface area contributed by atoms with E-state index in [1.54, 1.807) is 0 Å². The largest absolute Gasteiger partial charge is 0.360 e. The molecule has 16 heavy (non-hydrogen) atoms. The van der Waals surface area contributed by atoms with Gasteiger partial charge in [0.1, 0.15) is 0 Å². The first-order valence-electron chi connectivity index (χ1n) is 6.16. The summed E-state index contributed by atoms with van der Waals surface area (Å²) in [5.74, 6) is 0.991. The molecule has 1 aliphatic rings. The lowest BCUT2D eigenvalue weighted by atomic mass is 10.3. The van der Waals surface area contributed by atoms with Crippen LogP contribution in [0.25, 0.3) is 0 Å². The van der Waals surface area contributed by atoms with Gasteiger partial charge in [-0.15, -0.1) is 0 Å². The van der Waals surface area contributed by atoms with Gasteiger partial charge >= 0.3 is 0 Å². The number of hydrogen-bond acceptors (Lipinski definition) is 4. The molecule has 1 aliphatic carbocycles. The van der Waals surface area contributed by atoms with Crippen LogP contribution >= 0.6 is 0 Å². The Hall–Kier alpha value is -0.870. The van der Waals surface area contributed by atoms with Gasteiger partial charge in [0, 0.05) is 18.7 Å². The molecule has 90 valence electrons. The molecular weight excluding hydrogens is 202 g/mol. The Morgan fingerprint density at radius 2 is 2.38 bits per heavy atom. The third-order valence-electron chi connectivity index (χ3n) is 2.90. The molecule has 4 heteroatoms. The van der Waals surface area contributed by atoms with Crippen molar-refractivity contribution in [1.29, 1.82) is 0 Å². The molecule has 0 aromatic carbocycles. The van der Waals surface area contributed by atoms with Gasteiger partial charge < -0.3 is 9.84 Å². The van der Waals surface area contributed by atoms with Gasteiger partial charge in [0.25, 0.3) is 0 Å². The molecule has 1 saturated carbocycles. The van der Waals surface area contributed by atoms with Gasteiger partial charge in [0.2, 0.25) is 0 Å². The molecule has 4 nitrogen and oxygen atoms in total. The van der Waals surface area contributed by atoms with E-state index in [4.69, 9.17) is 4.52 Å². The van der Waals surface area contributed by atoms with E-state index >= 15 is 0 Å². The number of rotatable bonds is 7. The van der Waals surface area contributed by atoms with Gasteiger partial charge in [0.15, 0.2) is 5.76 Å². The van der Waals surface area contributed by atoms with Crippen LogP contribution in [-0.4, -0.2) is 29.7 Å². The quantitative estimate of drug-likeness (QED) is 0.765. The van der Waals surface area contributed by atoms with Crippen molar-refractivity contribution in [2.24, 2.45) is 0 Å². The van der Waals surface area contributed by atoms with Crippen LogP contribution in [0.3, 0.4) is 0 Å². The second kappa shape index (κ2) is 5.46. The van der Waals surface area contributed by atoms with Crippen LogP contribution in [0.1, 0.15) is 37.6 Å². The van der Waals surface area contributed by atoms with Crippen molar-refractivity contribution in [1.82, 2.24) is 15.4 Å². The molecule has 0 saturated heterocycles. The van der Waals surface area contributed by atoms with Gasteiger partial charge in [-0.1, -0.05) is 12.1 Å². The smallest absolute Gasteiger partial charge is 0.151 e. The van der Waals surface area contributed by atoms with Crippen molar-refractivity contribution in [3.05, 3.63) is 17.5 Å². The summed E-state index contributed by atoms with van der Waals surface area (Å²) >= 11 is 0. The lowest BCUT2D eigenvalue weighted by Crippen LogP contribution is -2.26. The maximum Gasteiger partial charge on any atom is 0.151 e. The highest BCUT2D eigenvalue weighted by atomic mass is 16.5. The molecule has 0 aliphatic heterocycles. The zero-order valence-electron chi connectivity index (χ0n) is 10.2. The molecule has 0 amide bonds. The first-order valence-corrected chi connectivity index (χ1v) is 6.16. The molecular formula is C12H21N3O. The fourth-order valence-corrected chi connectivity index (χ4v) is 2.01. The predicted octanol–water partition coefficient (Wildman–Crippen LogP) is 1.77. The standard InChI is InChI=1S/C12H21N3O/c1-3-6-15(11-4-5-11)9-12-7-10(8-13-2)14-16-12/h7,11,13H,3-6,8-9H2,1-2H3. The summed E-state index contributed by atoms with van der Waals surface area (Å²) in [4.78, 5) is 2.50. The summed E-state index contributed by atoms with van der Waals surface area (Å²) in [6.07, 6.45) is 3.89. The molecule has 0 radical (unpaired) electrons. The minimum absolute atomic E-state index is 0.778. The van der Waals surface area contributed by atoms with Crippen LogP contribution in [0, 0.1) is 0 Å². The van der Waals surface area contributed by atoms with Crippen molar-refractivity contribution in [2.75, 3.05) is 13.6 Å². The van der Waals surface area contributed by atoms with Crippen molar-refractivity contribution in [2.45, 2.75) is 45.3 Å². The summed E-state index contributed by atoms with van der Waals surface area (Å²) in [6.45, 7) is 5.07. The molecule has 0 unspecified atom stereocenters. The topological polar surface area (TPSA) is 41.3 Å². The predicted molar refractivity (Wildman–Crippen MR) is 63.0 cm³/mol. The van der Waals surface area contributed by atoms with Crippen molar-refractivity contribution in [3.8, 4) is 0 Å². The third kappa shape index (κ3) is 3.06. The van der Waals surface area contributed by atoms with Crippen LogP contribution in [0.2, 0.25) is 0 Å². The van der Waals surface area contributed by atoms with Crippen molar-refractivity contribution >= 4 is 0 Å². The number of hydrogen-bond donors (Lipinski definition) is 1. The second-order valence-electron chi connectivity index (χ2n) is 4.52. The van der Waals surface area contributed by atoms with E-state index in [2.05, 4.69) is 28.4 Å². The fourth-order valence-electron chi connectivity index (χ4n) is 2.01. The molecule has 1 fully saturated rings. The van der Waals surface area contributed by atoms with E-state index in [1.165, 1.54) is 19.3 Å². The third-order valence-corrected chi connectivity index (χ3v) is 2.90. The summed E-state index contributed by atoms with van der Waals surface area (Å²) in [7, 11) is 1.92. The Labute approximate surface area is 97.0 Å². The van der Waals surface area contributed by atoms with E-state index < -0.39 is 0 Å². The van der Waals surface area contributed by atoms with Crippen LogP contribution in [-0.2, 0) is 13.1 Å². The number of aromatic nitrogens is 1. The number of nitrogens with one attached hydrogen (secondary N) is 1. The fraction of sp³-hybridized carbons (Fsp3) is 0.750. The van der Waals surface area contributed by atoms with E-state index in [0.717, 1.165) is 37.1 Å². The molecule has 0 atom stereocenters. The zero-order valence-corrected chi connectivity index (χ0v) is 10.2. The van der Waals surface area contributed by atoms with Crippen LogP contribution in [0.4, 0.5) is 0 Å². The van der Waals surface area contributed by atoms with Crippen molar-refractivity contribution < 1.29 is 4.52 Å². The van der Waals surface area contributed by atoms with Crippen LogP contribution < -0.4 is 5.32 Å². The monoisotopic (exact) mass is 223 g/mol. The van der Waals surface area contributed by atoms with Crippen molar-refractivity contribution in [3.63, 3.8) is 0 Å². The summed E-state index contributed by atoms with van der Waals surface area (Å²) in [5, 5.41) is 7.11. The first-order chi connectivity index (χ1) is 7.83. The zero-order chi connectivity index (χ0) is 11.4. The molecule has 2 rings (SSSR count). The van der Waals surface area contributed by atoms with E-state index in [1.807, 2.05) is 7.05 Å². The first kappa shape index (κ1) is 11.6. The average molecular weight is 223 g/mol. The summed E-state index contributed by atoms with van der Waals surface area (Å²) in [5.41, 5.74) is 0.991. The highest BCUT2D eigenvalue weighted by Gasteiger charge is 2.28. The molecule has 1 aromatic heterocycles. The van der Waals surface area contributed by atoms with Crippen LogP contribution in [0.15, 0.2) is 10.6 Å². The second-order valence-corrected chi connectivity index (χ2v) is 4.52. The Kier molecular flexibility index (Phi) is 3.96. The van der Waals surface area contributed by atoms with E-state index in [-0.39, 0.29) is 0 Å². The number of nitrogens with zero attached hydrogens (tertiary/aromatic N) is 2. The Balaban J connectivity index is 1.89. The van der Waals surface area contributed by atoms with Gasteiger partial charge in [-0.05, 0) is 32.9 Å². The maximum atomic E-state index is 5.34. The Bertz CT molecular complexity index is 320. The molecule has 1 heterocycles.